The summed E-state index contributed by atoms with van der Waals surface area (Å²) in [6, 6.07) is 0. The van der Waals surface area contributed by atoms with E-state index >= 15 is 0 Å². The summed E-state index contributed by atoms with van der Waals surface area (Å²) in [7, 11) is 0. The largest absolute Gasteiger partial charge is 0.394 e. The number of hydrogen-bond donors (Lipinski definition) is 9. The Morgan fingerprint density at radius 1 is 0.709 bits per heavy atom. The predicted octanol–water partition coefficient (Wildman–Crippen LogP) is 0.724. The molecule has 0 aromatic rings. The lowest BCUT2D eigenvalue weighted by Crippen LogP contribution is -2.65. The van der Waals surface area contributed by atoms with Crippen LogP contribution in [0.15, 0.2) is 0 Å². The Kier molecular flexibility index (Phi) is 9.90. The normalized spacial score (nSPS) is 58.7. The van der Waals surface area contributed by atoms with Gasteiger partial charge in [-0.3, -0.25) is 0 Å². The number of ether oxygens (including phenoxy) is 5. The number of rotatable bonds is 7. The first kappa shape index (κ1) is 41.2. The Balaban J connectivity index is 1.15. The quantitative estimate of drug-likeness (QED) is 0.162. The first-order chi connectivity index (χ1) is 25.5. The maximum atomic E-state index is 12.2. The third-order valence-electron chi connectivity index (χ3n) is 17.6. The Morgan fingerprint density at radius 3 is 2.05 bits per heavy atom. The fraction of sp³-hybridized carbons (Fsp3) is 1.00. The van der Waals surface area contributed by atoms with Crippen molar-refractivity contribution in [2.45, 2.75) is 197 Å². The molecule has 0 bridgehead atoms. The summed E-state index contributed by atoms with van der Waals surface area (Å²) < 4.78 is 31.9. The zero-order chi connectivity index (χ0) is 40.1. The molecular weight excluding hydrogens is 716 g/mol. The first-order valence-electron chi connectivity index (χ1n) is 20.9. The molecular formula is C41H68O14. The van der Waals surface area contributed by atoms with E-state index in [4.69, 9.17) is 23.7 Å². The van der Waals surface area contributed by atoms with E-state index in [1.807, 2.05) is 0 Å². The molecule has 2 spiro atoms. The predicted molar refractivity (Wildman–Crippen MR) is 194 cm³/mol. The summed E-state index contributed by atoms with van der Waals surface area (Å²) in [5.74, 6) is -0.215. The minimum atomic E-state index is -1.60. The molecule has 3 heterocycles. The van der Waals surface area contributed by atoms with Gasteiger partial charge in [0.1, 0.15) is 42.7 Å². The van der Waals surface area contributed by atoms with Crippen molar-refractivity contribution in [2.24, 2.45) is 44.8 Å². The highest BCUT2D eigenvalue weighted by Crippen LogP contribution is 2.89. The Hall–Kier alpha value is -0.560. The minimum Gasteiger partial charge on any atom is -0.394 e. The van der Waals surface area contributed by atoms with Gasteiger partial charge in [-0.05, 0) is 117 Å². The van der Waals surface area contributed by atoms with E-state index in [1.165, 1.54) is 0 Å². The number of hydrogen-bond acceptors (Lipinski definition) is 14. The van der Waals surface area contributed by atoms with Crippen LogP contribution in [0.2, 0.25) is 0 Å². The first-order valence-corrected chi connectivity index (χ1v) is 20.9. The molecule has 8 aliphatic rings. The molecule has 8 fully saturated rings. The van der Waals surface area contributed by atoms with Gasteiger partial charge in [0.25, 0.3) is 0 Å². The fourth-order valence-electron chi connectivity index (χ4n) is 14.9. The topological polar surface area (TPSA) is 228 Å². The Bertz CT molecular complexity index is 1460. The third-order valence-corrected chi connectivity index (χ3v) is 17.6. The average Bonchev–Trinajstić information content (AvgIpc) is 3.47. The average molecular weight is 785 g/mol. The van der Waals surface area contributed by atoms with Crippen molar-refractivity contribution >= 4 is 0 Å². The molecule has 5 saturated carbocycles. The van der Waals surface area contributed by atoms with Crippen LogP contribution < -0.4 is 0 Å². The highest BCUT2D eigenvalue weighted by molar-refractivity contribution is 5.33. The van der Waals surface area contributed by atoms with Crippen LogP contribution >= 0.6 is 0 Å². The molecule has 14 nitrogen and oxygen atoms in total. The summed E-state index contributed by atoms with van der Waals surface area (Å²) in [4.78, 5) is 0. The zero-order valence-electron chi connectivity index (χ0n) is 33.6. The van der Waals surface area contributed by atoms with Crippen molar-refractivity contribution in [1.82, 2.24) is 0 Å². The lowest BCUT2D eigenvalue weighted by atomic mass is 9.41. The summed E-state index contributed by atoms with van der Waals surface area (Å²) in [5, 5.41) is 97.2. The van der Waals surface area contributed by atoms with E-state index in [9.17, 15) is 46.0 Å². The minimum absolute atomic E-state index is 0.0633. The van der Waals surface area contributed by atoms with Crippen molar-refractivity contribution < 1.29 is 69.6 Å². The van der Waals surface area contributed by atoms with E-state index < -0.39 is 96.8 Å². The van der Waals surface area contributed by atoms with E-state index in [1.54, 1.807) is 13.8 Å². The van der Waals surface area contributed by atoms with Gasteiger partial charge in [-0.2, -0.15) is 0 Å². The molecule has 0 aromatic heterocycles. The smallest absolute Gasteiger partial charge is 0.186 e. The van der Waals surface area contributed by atoms with Crippen LogP contribution in [0.25, 0.3) is 0 Å². The van der Waals surface area contributed by atoms with Crippen LogP contribution in [-0.4, -0.2) is 150 Å². The lowest BCUT2D eigenvalue weighted by Gasteiger charge is -2.65. The van der Waals surface area contributed by atoms with Crippen LogP contribution in [0.5, 0.6) is 0 Å². The summed E-state index contributed by atoms with van der Waals surface area (Å²) >= 11 is 0. The fourth-order valence-corrected chi connectivity index (χ4v) is 14.9. The molecule has 55 heavy (non-hydrogen) atoms. The molecule has 14 heteroatoms. The van der Waals surface area contributed by atoms with Crippen molar-refractivity contribution in [3.8, 4) is 0 Å². The number of fused-ring (bicyclic) bond motifs is 2. The molecule has 3 saturated heterocycles. The van der Waals surface area contributed by atoms with E-state index in [2.05, 4.69) is 34.6 Å². The van der Waals surface area contributed by atoms with Gasteiger partial charge >= 0.3 is 0 Å². The third kappa shape index (κ3) is 5.70. The zero-order valence-corrected chi connectivity index (χ0v) is 33.6. The number of aliphatic hydroxyl groups excluding tert-OH is 8. The molecule has 21 atom stereocenters. The van der Waals surface area contributed by atoms with Gasteiger partial charge in [0, 0.05) is 5.92 Å². The standard InChI is InChI=1S/C41H68O14/c1-35(2)24(54-33-29(48)26(45)20(44)17-51-33)9-11-41-18-40(41)13-12-37(5)31(39(7)10-8-25(55-39)36(3,4)50)19(43)15-38(37,6)23(40)14-21(32(35)41)52-34-30(49)28(47)27(46)22(16-42)53-34/h19-34,42-50H,8-18H2,1-7H3/t19-,20+,21-,22+,23-,24-,25-,26-,27?,28-,29+,30?,31-,32-,33-,34+,37+,38-,39+,40-,41+/m0/s1. The molecule has 2 unspecified atom stereocenters. The van der Waals surface area contributed by atoms with Crippen molar-refractivity contribution in [3.05, 3.63) is 0 Å². The molecule has 0 radical (unpaired) electrons. The van der Waals surface area contributed by atoms with Gasteiger partial charge in [0.05, 0.1) is 48.8 Å². The monoisotopic (exact) mass is 784 g/mol. The van der Waals surface area contributed by atoms with Gasteiger partial charge < -0.3 is 69.6 Å². The second-order valence-corrected chi connectivity index (χ2v) is 21.1. The van der Waals surface area contributed by atoms with E-state index in [-0.39, 0.29) is 52.1 Å². The second kappa shape index (κ2) is 13.2. The van der Waals surface area contributed by atoms with Crippen LogP contribution in [0.3, 0.4) is 0 Å². The maximum Gasteiger partial charge on any atom is 0.186 e. The van der Waals surface area contributed by atoms with Crippen molar-refractivity contribution in [3.63, 3.8) is 0 Å². The molecule has 0 aromatic carbocycles. The van der Waals surface area contributed by atoms with Crippen molar-refractivity contribution in [1.29, 1.82) is 0 Å². The van der Waals surface area contributed by atoms with Crippen LogP contribution in [-0.2, 0) is 23.7 Å². The lowest BCUT2D eigenvalue weighted by molar-refractivity contribution is -0.339. The molecule has 0 amide bonds. The Morgan fingerprint density at radius 2 is 1.40 bits per heavy atom. The van der Waals surface area contributed by atoms with Crippen LogP contribution in [0.4, 0.5) is 0 Å². The van der Waals surface area contributed by atoms with Crippen molar-refractivity contribution in [2.75, 3.05) is 13.2 Å². The second-order valence-electron chi connectivity index (χ2n) is 21.1. The van der Waals surface area contributed by atoms with Gasteiger partial charge in [0.15, 0.2) is 12.6 Å². The molecule has 8 rings (SSSR count). The van der Waals surface area contributed by atoms with Gasteiger partial charge in [-0.25, -0.2) is 0 Å². The van der Waals surface area contributed by atoms with Crippen LogP contribution in [0, 0.1) is 44.8 Å². The number of aliphatic hydroxyl groups is 9. The highest BCUT2D eigenvalue weighted by atomic mass is 16.7. The van der Waals surface area contributed by atoms with E-state index in [0.717, 1.165) is 32.1 Å². The van der Waals surface area contributed by atoms with E-state index in [0.29, 0.717) is 25.7 Å². The van der Waals surface area contributed by atoms with Gasteiger partial charge in [0.2, 0.25) is 0 Å². The van der Waals surface area contributed by atoms with Gasteiger partial charge in [-0.15, -0.1) is 0 Å². The Labute approximate surface area is 324 Å². The highest BCUT2D eigenvalue weighted by Gasteiger charge is 2.85. The van der Waals surface area contributed by atoms with Gasteiger partial charge in [-0.1, -0.05) is 27.7 Å². The maximum absolute atomic E-state index is 12.2. The molecule has 5 aliphatic carbocycles. The molecule has 9 N–H and O–H groups in total. The SMILES string of the molecule is CC(C)(O)[C@@H]1CC[C@](C)([C@H]2[C@@H](O)C[C@@]3(C)[C@@H]4C[C@H](O[C@@H]5O[C@H](CO)C(O)[C@H](O)C5O)[C@H]5C(C)(C)[C@@H](O[C@@H]6OC[C@@H](O)[C@H](O)[C@H]6O)CC[C@@]56C[C@@]46CC[C@]23C)O1. The van der Waals surface area contributed by atoms with Crippen LogP contribution in [0.1, 0.15) is 106 Å². The summed E-state index contributed by atoms with van der Waals surface area (Å²) in [6.07, 6.45) is -7.48. The summed E-state index contributed by atoms with van der Waals surface area (Å²) in [5.41, 5.74) is -3.16. The molecule has 316 valence electrons. The molecule has 3 aliphatic heterocycles. The summed E-state index contributed by atoms with van der Waals surface area (Å²) in [6.45, 7) is 13.8.